The van der Waals surface area contributed by atoms with E-state index in [4.69, 9.17) is 11.5 Å². The number of nitrogens with zero attached hydrogens (tertiary/aromatic N) is 10. The Hall–Kier alpha value is -8.12. The Bertz CT molecular complexity index is 3340. The zero-order valence-electron chi connectivity index (χ0n) is 42.4. The second-order valence-electron chi connectivity index (χ2n) is 20.3. The fourth-order valence-corrected chi connectivity index (χ4v) is 10.5. The number of amides is 2. The van der Waals surface area contributed by atoms with Crippen LogP contribution < -0.4 is 11.5 Å². The lowest BCUT2D eigenvalue weighted by Crippen LogP contribution is -2.47. The topological polar surface area (TPSA) is 219 Å². The second-order valence-corrected chi connectivity index (χ2v) is 20.3. The van der Waals surface area contributed by atoms with Crippen molar-refractivity contribution in [1.82, 2.24) is 49.0 Å². The first-order valence-electron chi connectivity index (χ1n) is 24.6. The zero-order chi connectivity index (χ0) is 56.2. The Morgan fingerprint density at radius 3 is 1.29 bits per heavy atom. The van der Waals surface area contributed by atoms with E-state index in [0.717, 1.165) is 33.8 Å². The number of nitrogens with two attached hydrogens (primary N) is 2. The summed E-state index contributed by atoms with van der Waals surface area (Å²) in [4.78, 5) is 46.6. The van der Waals surface area contributed by atoms with Gasteiger partial charge in [-0.2, -0.15) is 36.5 Å². The number of pyridine rings is 2. The number of aliphatic hydroxyl groups excluding tert-OH is 2. The molecule has 6 aromatic heterocycles. The minimum absolute atomic E-state index is 0.0585. The molecule has 2 saturated heterocycles. The summed E-state index contributed by atoms with van der Waals surface area (Å²) in [6.45, 7) is 8.36. The molecule has 0 radical (unpaired) electrons. The Kier molecular flexibility index (Phi) is 14.5. The van der Waals surface area contributed by atoms with Gasteiger partial charge in [-0.3, -0.25) is 19.6 Å². The molecule has 0 saturated carbocycles. The average molecular weight is 1090 g/mol. The number of nitrogen functional groups attached to an aromatic ring is 2. The van der Waals surface area contributed by atoms with Gasteiger partial charge in [-0.25, -0.2) is 27.8 Å². The summed E-state index contributed by atoms with van der Waals surface area (Å²) in [6.07, 6.45) is -3.87. The number of hydrogen-bond donors (Lipinski definition) is 4. The number of hydrogen-bond acceptors (Lipinski definition) is 12. The van der Waals surface area contributed by atoms with E-state index >= 15 is 0 Å². The third-order valence-electron chi connectivity index (χ3n) is 14.7. The molecule has 4 atom stereocenters. The van der Waals surface area contributed by atoms with Gasteiger partial charge in [0, 0.05) is 60.5 Å². The molecule has 0 spiro atoms. The standard InChI is InChI=1S/2C27H26F4N6O2/c2*1-15-19(25(39)36-9-3-8-26(2,13-36)23(38)16-4-6-18(28)7-5-16)10-17(12-33-15)21-11-20(27(29,30)31)22-24(32)34-14-35-37(21)22/h2*4-7,10-12,14,23,38H,3,8-9,13H2,1-2H3,(H2,32,34,35). The van der Waals surface area contributed by atoms with E-state index in [9.17, 15) is 54.9 Å². The average Bonchev–Trinajstić information content (AvgIpc) is 4.02. The van der Waals surface area contributed by atoms with E-state index in [-0.39, 0.29) is 81.2 Å². The zero-order valence-corrected chi connectivity index (χ0v) is 42.4. The molecule has 0 aliphatic carbocycles. The molecular weight excluding hydrogens is 1030 g/mol. The molecule has 4 unspecified atom stereocenters. The fourth-order valence-electron chi connectivity index (χ4n) is 10.5. The number of fused-ring (bicyclic) bond motifs is 2. The number of aromatic nitrogens is 8. The van der Waals surface area contributed by atoms with Gasteiger partial charge in [0.2, 0.25) is 0 Å². The Morgan fingerprint density at radius 2 is 0.949 bits per heavy atom. The summed E-state index contributed by atoms with van der Waals surface area (Å²) in [5.41, 5.74) is 10.3. The lowest BCUT2D eigenvalue weighted by atomic mass is 9.74. The number of carbonyl (C=O) groups is 2. The molecule has 8 aromatic rings. The van der Waals surface area contributed by atoms with Crippen LogP contribution in [0, 0.1) is 36.3 Å². The van der Waals surface area contributed by atoms with Gasteiger partial charge in [0.05, 0.1) is 57.2 Å². The number of aliphatic hydroxyl groups is 2. The molecule has 6 N–H and O–H groups in total. The van der Waals surface area contributed by atoms with Crippen LogP contribution in [-0.4, -0.2) is 97.2 Å². The molecule has 16 nitrogen and oxygen atoms in total. The molecule has 2 fully saturated rings. The summed E-state index contributed by atoms with van der Waals surface area (Å²) in [5, 5.41) is 30.2. The quantitative estimate of drug-likeness (QED) is 0.105. The lowest BCUT2D eigenvalue weighted by Gasteiger charge is -2.43. The van der Waals surface area contributed by atoms with Crippen LogP contribution in [0.2, 0.25) is 0 Å². The largest absolute Gasteiger partial charge is 0.418 e. The van der Waals surface area contributed by atoms with Crippen LogP contribution in [0.1, 0.15) is 106 Å². The molecule has 8 heterocycles. The van der Waals surface area contributed by atoms with Crippen LogP contribution in [0.15, 0.2) is 97.8 Å². The summed E-state index contributed by atoms with van der Waals surface area (Å²) < 4.78 is 112. The number of piperidine rings is 2. The van der Waals surface area contributed by atoms with Gasteiger partial charge in [0.1, 0.15) is 35.3 Å². The van der Waals surface area contributed by atoms with Crippen LogP contribution >= 0.6 is 0 Å². The Morgan fingerprint density at radius 1 is 0.590 bits per heavy atom. The van der Waals surface area contributed by atoms with Gasteiger partial charge in [-0.15, -0.1) is 0 Å². The Balaban J connectivity index is 0.000000190. The van der Waals surface area contributed by atoms with E-state index in [1.54, 1.807) is 23.6 Å². The number of likely N-dealkylation sites (tertiary alicyclic amines) is 2. The molecule has 2 aliphatic heterocycles. The molecule has 408 valence electrons. The van der Waals surface area contributed by atoms with Crippen LogP contribution in [0.4, 0.5) is 46.8 Å². The highest BCUT2D eigenvalue weighted by atomic mass is 19.4. The maximum atomic E-state index is 13.8. The van der Waals surface area contributed by atoms with Gasteiger partial charge in [0.15, 0.2) is 11.6 Å². The van der Waals surface area contributed by atoms with Gasteiger partial charge in [0.25, 0.3) is 11.8 Å². The number of halogens is 8. The van der Waals surface area contributed by atoms with Crippen LogP contribution in [0.25, 0.3) is 33.5 Å². The van der Waals surface area contributed by atoms with E-state index < -0.39 is 58.2 Å². The van der Waals surface area contributed by atoms with Crippen molar-refractivity contribution in [2.24, 2.45) is 10.8 Å². The van der Waals surface area contributed by atoms with Crippen molar-refractivity contribution < 1.29 is 54.9 Å². The fraction of sp³-hybridized carbons (Fsp3) is 0.333. The third kappa shape index (κ3) is 10.5. The van der Waals surface area contributed by atoms with Crippen LogP contribution in [0.3, 0.4) is 0 Å². The van der Waals surface area contributed by atoms with Crippen LogP contribution in [-0.2, 0) is 12.4 Å². The number of alkyl halides is 6. The third-order valence-corrected chi connectivity index (χ3v) is 14.7. The number of aryl methyl sites for hydroxylation is 2. The number of anilines is 2. The van der Waals surface area contributed by atoms with Crippen molar-refractivity contribution in [1.29, 1.82) is 0 Å². The van der Waals surface area contributed by atoms with Crippen molar-refractivity contribution in [3.63, 3.8) is 0 Å². The molecule has 0 bridgehead atoms. The molecule has 10 rings (SSSR count). The summed E-state index contributed by atoms with van der Waals surface area (Å²) in [6, 6.07) is 16.0. The maximum Gasteiger partial charge on any atom is 0.418 e. The first-order chi connectivity index (χ1) is 36.8. The van der Waals surface area contributed by atoms with Gasteiger partial charge >= 0.3 is 12.4 Å². The van der Waals surface area contributed by atoms with Crippen molar-refractivity contribution in [2.75, 3.05) is 37.6 Å². The molecule has 24 heteroatoms. The number of carbonyl (C=O) groups excluding carboxylic acids is 2. The van der Waals surface area contributed by atoms with Crippen LogP contribution in [0.5, 0.6) is 0 Å². The second kappa shape index (κ2) is 20.7. The monoisotopic (exact) mass is 1080 g/mol. The minimum atomic E-state index is -4.71. The van der Waals surface area contributed by atoms with Gasteiger partial charge in [-0.1, -0.05) is 38.1 Å². The van der Waals surface area contributed by atoms with Crippen molar-refractivity contribution >= 4 is 34.5 Å². The van der Waals surface area contributed by atoms with E-state index in [2.05, 4.69) is 30.1 Å². The lowest BCUT2D eigenvalue weighted by molar-refractivity contribution is -0.137. The predicted molar refractivity (Wildman–Crippen MR) is 270 cm³/mol. The van der Waals surface area contributed by atoms with E-state index in [1.807, 2.05) is 13.8 Å². The van der Waals surface area contributed by atoms with E-state index in [0.29, 0.717) is 61.3 Å². The molecule has 2 amide bonds. The molecular formula is C54H52F8N12O4. The van der Waals surface area contributed by atoms with Gasteiger partial charge < -0.3 is 31.5 Å². The highest BCUT2D eigenvalue weighted by Crippen LogP contribution is 2.45. The van der Waals surface area contributed by atoms with E-state index in [1.165, 1.54) is 73.1 Å². The molecule has 2 aliphatic rings. The summed E-state index contributed by atoms with van der Waals surface area (Å²) >= 11 is 0. The first kappa shape index (κ1) is 54.7. The number of rotatable bonds is 8. The summed E-state index contributed by atoms with van der Waals surface area (Å²) in [5.74, 6) is -2.19. The Labute approximate surface area is 440 Å². The maximum absolute atomic E-state index is 13.8. The van der Waals surface area contributed by atoms with Gasteiger partial charge in [-0.05, 0) is 99.2 Å². The molecule has 2 aromatic carbocycles. The predicted octanol–water partition coefficient (Wildman–Crippen LogP) is 9.63. The number of benzene rings is 2. The highest BCUT2D eigenvalue weighted by Gasteiger charge is 2.43. The SMILES string of the molecule is Cc1ncc(-c2cc(C(F)(F)F)c3c(N)ncnn23)cc1C(=O)N1CCCC(C)(C(O)c2ccc(F)cc2)C1.Cc1ncc(-c2cc(C(F)(F)F)c3c(N)ncnn23)cc1C(=O)N1CCCC(C)(C(O)c2ccc(F)cc2)C1. The normalized spacial score (nSPS) is 18.9. The van der Waals surface area contributed by atoms with Crippen molar-refractivity contribution in [3.05, 3.63) is 154 Å². The highest BCUT2D eigenvalue weighted by molar-refractivity contribution is 5.97. The molecule has 78 heavy (non-hydrogen) atoms. The van der Waals surface area contributed by atoms with Crippen molar-refractivity contribution in [2.45, 2.75) is 77.9 Å². The minimum Gasteiger partial charge on any atom is -0.388 e. The first-order valence-corrected chi connectivity index (χ1v) is 24.6. The van der Waals surface area contributed by atoms with Crippen molar-refractivity contribution in [3.8, 4) is 22.5 Å². The smallest absolute Gasteiger partial charge is 0.388 e. The summed E-state index contributed by atoms with van der Waals surface area (Å²) in [7, 11) is 0.